The molecule has 0 radical (unpaired) electrons. The van der Waals surface area contributed by atoms with E-state index in [4.69, 9.17) is 4.42 Å². The highest BCUT2D eigenvalue weighted by molar-refractivity contribution is 6.08. The van der Waals surface area contributed by atoms with E-state index in [9.17, 15) is 19.2 Å². The Kier molecular flexibility index (Phi) is 3.45. The summed E-state index contributed by atoms with van der Waals surface area (Å²) in [4.78, 5) is 53.4. The van der Waals surface area contributed by atoms with Gasteiger partial charge in [0, 0.05) is 24.2 Å². The van der Waals surface area contributed by atoms with Crippen molar-refractivity contribution in [2.75, 3.05) is 6.54 Å². The quantitative estimate of drug-likeness (QED) is 0.576. The minimum Gasteiger partial charge on any atom is -0.456 e. The molecular weight excluding hydrogens is 376 g/mol. The molecule has 0 aliphatic carbocycles. The van der Waals surface area contributed by atoms with E-state index in [-0.39, 0.29) is 23.8 Å². The molecule has 5 rings (SSSR count). The molecule has 0 spiro atoms. The molecule has 0 unspecified atom stereocenters. The third-order valence-electron chi connectivity index (χ3n) is 5.34. The van der Waals surface area contributed by atoms with Crippen LogP contribution in [0, 0.1) is 6.92 Å². The first-order valence-corrected chi connectivity index (χ1v) is 9.01. The van der Waals surface area contributed by atoms with Crippen LogP contribution in [0.3, 0.4) is 0 Å². The van der Waals surface area contributed by atoms with Crippen LogP contribution in [0.5, 0.6) is 0 Å². The summed E-state index contributed by atoms with van der Waals surface area (Å²) in [6.07, 6.45) is 0. The van der Waals surface area contributed by atoms with E-state index < -0.39 is 17.5 Å². The number of hydrogen-bond donors (Lipinski definition) is 3. The molecule has 0 saturated carbocycles. The Labute approximate surface area is 163 Å². The lowest BCUT2D eigenvalue weighted by Gasteiger charge is -2.28. The third-order valence-corrected chi connectivity index (χ3v) is 5.34. The maximum atomic E-state index is 12.9. The zero-order valence-corrected chi connectivity index (χ0v) is 15.4. The number of nitrogens with zero attached hydrogens (tertiary/aromatic N) is 1. The zero-order chi connectivity index (χ0) is 20.3. The first-order valence-electron chi connectivity index (χ1n) is 9.01. The normalized spacial score (nSPS) is 20.9. The molecule has 1 atom stereocenters. The fraction of sp³-hybridized carbons (Fsp3) is 0.200. The second-order valence-electron chi connectivity index (χ2n) is 7.35. The van der Waals surface area contributed by atoms with Crippen molar-refractivity contribution in [2.24, 2.45) is 0 Å². The van der Waals surface area contributed by atoms with Crippen molar-refractivity contribution in [1.29, 1.82) is 0 Å². The maximum Gasteiger partial charge on any atom is 0.322 e. The number of nitrogens with one attached hydrogen (secondary N) is 3. The van der Waals surface area contributed by atoms with Gasteiger partial charge < -0.3 is 19.6 Å². The number of furan rings is 1. The van der Waals surface area contributed by atoms with Gasteiger partial charge in [0.1, 0.15) is 5.76 Å². The first-order chi connectivity index (χ1) is 13.9. The first kappa shape index (κ1) is 17.2. The number of amides is 4. The highest BCUT2D eigenvalue weighted by atomic mass is 16.3. The number of aryl methyl sites for hydroxylation is 1. The number of carbonyl (C=O) groups excluding carboxylic acids is 3. The molecule has 9 nitrogen and oxygen atoms in total. The molecule has 2 aliphatic heterocycles. The van der Waals surface area contributed by atoms with E-state index in [1.54, 1.807) is 0 Å². The summed E-state index contributed by atoms with van der Waals surface area (Å²) in [7, 11) is 0. The lowest BCUT2D eigenvalue weighted by atomic mass is 9.95. The Morgan fingerprint density at radius 1 is 1.10 bits per heavy atom. The molecule has 146 valence electrons. The maximum absolute atomic E-state index is 12.9. The van der Waals surface area contributed by atoms with Crippen LogP contribution in [0.15, 0.2) is 45.6 Å². The minimum atomic E-state index is -1.60. The Balaban J connectivity index is 1.58. The van der Waals surface area contributed by atoms with E-state index in [2.05, 4.69) is 15.6 Å². The number of aromatic nitrogens is 1. The van der Waals surface area contributed by atoms with Crippen molar-refractivity contribution in [3.05, 3.63) is 69.2 Å². The molecule has 2 aromatic heterocycles. The van der Waals surface area contributed by atoms with Gasteiger partial charge in [-0.1, -0.05) is 17.7 Å². The number of aromatic amines is 1. The van der Waals surface area contributed by atoms with Crippen molar-refractivity contribution in [3.8, 4) is 0 Å². The Morgan fingerprint density at radius 3 is 2.69 bits per heavy atom. The minimum absolute atomic E-state index is 0.110. The Morgan fingerprint density at radius 2 is 1.93 bits per heavy atom. The summed E-state index contributed by atoms with van der Waals surface area (Å²) in [6.45, 7) is 2.11. The number of carbonyl (C=O) groups is 3. The summed E-state index contributed by atoms with van der Waals surface area (Å²) in [6, 6.07) is 9.23. The topological polar surface area (TPSA) is 125 Å². The van der Waals surface area contributed by atoms with Crippen LogP contribution >= 0.6 is 0 Å². The summed E-state index contributed by atoms with van der Waals surface area (Å²) in [5.74, 6) is -0.706. The van der Waals surface area contributed by atoms with E-state index in [0.29, 0.717) is 23.2 Å². The molecule has 2 aliphatic rings. The monoisotopic (exact) mass is 392 g/mol. The average molecular weight is 392 g/mol. The number of urea groups is 1. The van der Waals surface area contributed by atoms with E-state index in [1.165, 1.54) is 23.1 Å². The van der Waals surface area contributed by atoms with Crippen LogP contribution in [-0.2, 0) is 16.9 Å². The molecule has 3 N–H and O–H groups in total. The van der Waals surface area contributed by atoms with Gasteiger partial charge in [0.2, 0.25) is 5.56 Å². The zero-order valence-electron chi connectivity index (χ0n) is 15.4. The van der Waals surface area contributed by atoms with E-state index in [0.717, 1.165) is 11.1 Å². The van der Waals surface area contributed by atoms with E-state index in [1.807, 2.05) is 25.1 Å². The molecule has 0 bridgehead atoms. The van der Waals surface area contributed by atoms with Gasteiger partial charge in [-0.3, -0.25) is 19.7 Å². The largest absolute Gasteiger partial charge is 0.456 e. The van der Waals surface area contributed by atoms with Crippen LogP contribution in [0.25, 0.3) is 11.1 Å². The molecule has 3 aromatic rings. The number of H-pyrrole nitrogens is 1. The second-order valence-corrected chi connectivity index (χ2v) is 7.35. The number of fused-ring (bicyclic) bond motifs is 2. The van der Waals surface area contributed by atoms with Crippen molar-refractivity contribution in [2.45, 2.75) is 19.0 Å². The lowest BCUT2D eigenvalue weighted by Crippen LogP contribution is -2.52. The van der Waals surface area contributed by atoms with Crippen molar-refractivity contribution < 1.29 is 18.8 Å². The molecular formula is C20H16N4O5. The molecule has 9 heteroatoms. The molecule has 4 heterocycles. The predicted octanol–water partition coefficient (Wildman–Crippen LogP) is 1.12. The van der Waals surface area contributed by atoms with Crippen molar-refractivity contribution >= 4 is 28.9 Å². The SMILES string of the molecule is Cc1ccc2c(c1)C(=O)N(C[C@@]1(c3cc4[nH]c(=O)ccc4o3)NC(=O)NC1=O)C2. The smallest absolute Gasteiger partial charge is 0.322 e. The summed E-state index contributed by atoms with van der Waals surface area (Å²) in [5, 5.41) is 4.84. The Bertz CT molecular complexity index is 1270. The third kappa shape index (κ3) is 2.54. The molecule has 1 saturated heterocycles. The lowest BCUT2D eigenvalue weighted by molar-refractivity contribution is -0.125. The summed E-state index contributed by atoms with van der Waals surface area (Å²) in [5.41, 5.74) is 1.24. The predicted molar refractivity (Wildman–Crippen MR) is 101 cm³/mol. The Hall–Kier alpha value is -3.88. The van der Waals surface area contributed by atoms with Crippen LogP contribution < -0.4 is 16.2 Å². The van der Waals surface area contributed by atoms with Gasteiger partial charge in [0.05, 0.1) is 12.1 Å². The van der Waals surface area contributed by atoms with Gasteiger partial charge >= 0.3 is 6.03 Å². The fourth-order valence-electron chi connectivity index (χ4n) is 3.91. The van der Waals surface area contributed by atoms with Crippen molar-refractivity contribution in [3.63, 3.8) is 0 Å². The van der Waals surface area contributed by atoms with Crippen LogP contribution in [-0.4, -0.2) is 34.3 Å². The molecule has 1 fully saturated rings. The summed E-state index contributed by atoms with van der Waals surface area (Å²) >= 11 is 0. The van der Waals surface area contributed by atoms with Crippen molar-refractivity contribution in [1.82, 2.24) is 20.5 Å². The number of benzene rings is 1. The number of hydrogen-bond acceptors (Lipinski definition) is 5. The average Bonchev–Trinajstić information content (AvgIpc) is 3.31. The highest BCUT2D eigenvalue weighted by Crippen LogP contribution is 2.33. The van der Waals surface area contributed by atoms with Gasteiger partial charge in [0.15, 0.2) is 11.1 Å². The number of pyridine rings is 1. The van der Waals surface area contributed by atoms with Gasteiger partial charge in [0.25, 0.3) is 11.8 Å². The van der Waals surface area contributed by atoms with Crippen LogP contribution in [0.2, 0.25) is 0 Å². The molecule has 4 amide bonds. The molecule has 29 heavy (non-hydrogen) atoms. The number of imide groups is 1. The van der Waals surface area contributed by atoms with Crippen LogP contribution in [0.1, 0.15) is 27.2 Å². The fourth-order valence-corrected chi connectivity index (χ4v) is 3.91. The highest BCUT2D eigenvalue weighted by Gasteiger charge is 2.53. The molecule has 1 aromatic carbocycles. The number of rotatable bonds is 3. The van der Waals surface area contributed by atoms with E-state index >= 15 is 0 Å². The van der Waals surface area contributed by atoms with Crippen LogP contribution in [0.4, 0.5) is 4.79 Å². The standard InChI is InChI=1S/C20H16N4O5/c1-10-2-3-11-8-24(17(26)12(11)6-10)9-20(18(27)22-19(28)23-20)15-7-13-14(29-15)4-5-16(25)21-13/h2-7H,8-9H2,1H3,(H,21,25)(H2,22,23,27,28)/t20-/m0/s1. The van der Waals surface area contributed by atoms with Gasteiger partial charge in [-0.15, -0.1) is 0 Å². The van der Waals surface area contributed by atoms with Gasteiger partial charge in [-0.2, -0.15) is 0 Å². The van der Waals surface area contributed by atoms with Gasteiger partial charge in [-0.25, -0.2) is 4.79 Å². The van der Waals surface area contributed by atoms with Gasteiger partial charge in [-0.05, 0) is 24.6 Å². The summed E-state index contributed by atoms with van der Waals surface area (Å²) < 4.78 is 5.79. The second kappa shape index (κ2) is 5.81.